The number of aliphatic hydroxyl groups is 1. The zero-order valence-corrected chi connectivity index (χ0v) is 8.41. The van der Waals surface area contributed by atoms with Gasteiger partial charge in [-0.15, -0.1) is 0 Å². The van der Waals surface area contributed by atoms with Crippen LogP contribution < -0.4 is 0 Å². The Labute approximate surface area is 78.9 Å². The van der Waals surface area contributed by atoms with Crippen molar-refractivity contribution in [2.24, 2.45) is 0 Å². The fourth-order valence-corrected chi connectivity index (χ4v) is 1.31. The van der Waals surface area contributed by atoms with Crippen LogP contribution in [0.4, 0.5) is 0 Å². The van der Waals surface area contributed by atoms with E-state index >= 15 is 0 Å². The summed E-state index contributed by atoms with van der Waals surface area (Å²) in [6.07, 6.45) is 2.86. The van der Waals surface area contributed by atoms with Crippen molar-refractivity contribution in [3.63, 3.8) is 0 Å². The van der Waals surface area contributed by atoms with Gasteiger partial charge >= 0.3 is 0 Å². The Kier molecular flexibility index (Phi) is 3.37. The second-order valence-corrected chi connectivity index (χ2v) is 3.10. The van der Waals surface area contributed by atoms with Gasteiger partial charge in [-0.3, -0.25) is 0 Å². The molecule has 0 aliphatic rings. The van der Waals surface area contributed by atoms with Crippen molar-refractivity contribution in [3.8, 4) is 0 Å². The van der Waals surface area contributed by atoms with Gasteiger partial charge in [-0.25, -0.2) is 9.97 Å². The molecule has 13 heavy (non-hydrogen) atoms. The molecule has 1 atom stereocenters. The number of hydrogen-bond acceptors (Lipinski definition) is 3. The lowest BCUT2D eigenvalue weighted by molar-refractivity contribution is 0.171. The quantitative estimate of drug-likeness (QED) is 0.771. The third-order valence-electron chi connectivity index (χ3n) is 2.10. The molecule has 0 aliphatic carbocycles. The molecule has 0 aromatic carbocycles. The Hall–Kier alpha value is -0.960. The van der Waals surface area contributed by atoms with Gasteiger partial charge in [0.2, 0.25) is 0 Å². The third-order valence-corrected chi connectivity index (χ3v) is 2.10. The molecule has 72 valence electrons. The van der Waals surface area contributed by atoms with E-state index in [1.165, 1.54) is 0 Å². The minimum atomic E-state index is -0.421. The van der Waals surface area contributed by atoms with Crippen LogP contribution in [0.1, 0.15) is 43.5 Å². The average molecular weight is 180 g/mol. The normalized spacial score (nSPS) is 12.9. The molecule has 0 radical (unpaired) electrons. The molecule has 3 heteroatoms. The summed E-state index contributed by atoms with van der Waals surface area (Å²) in [6.45, 7) is 5.85. The second kappa shape index (κ2) is 4.33. The fraction of sp³-hybridized carbons (Fsp3) is 0.600. The topological polar surface area (TPSA) is 46.0 Å². The van der Waals surface area contributed by atoms with E-state index in [0.717, 1.165) is 23.5 Å². The zero-order chi connectivity index (χ0) is 9.84. The minimum Gasteiger partial charge on any atom is -0.388 e. The first kappa shape index (κ1) is 10.1. The van der Waals surface area contributed by atoms with Gasteiger partial charge in [-0.05, 0) is 19.8 Å². The lowest BCUT2D eigenvalue weighted by atomic mass is 10.1. The van der Waals surface area contributed by atoms with E-state index in [2.05, 4.69) is 9.97 Å². The summed E-state index contributed by atoms with van der Waals surface area (Å²) in [5, 5.41) is 9.65. The highest BCUT2D eigenvalue weighted by molar-refractivity contribution is 5.20. The maximum absolute atomic E-state index is 9.65. The summed E-state index contributed by atoms with van der Waals surface area (Å²) in [4.78, 5) is 8.38. The van der Waals surface area contributed by atoms with Gasteiger partial charge < -0.3 is 5.11 Å². The van der Waals surface area contributed by atoms with Crippen molar-refractivity contribution in [3.05, 3.63) is 23.3 Å². The monoisotopic (exact) mass is 180 g/mol. The lowest BCUT2D eigenvalue weighted by Crippen LogP contribution is -2.05. The van der Waals surface area contributed by atoms with Crippen LogP contribution in [-0.2, 0) is 6.42 Å². The Balaban J connectivity index is 3.05. The Morgan fingerprint density at radius 1 is 1.46 bits per heavy atom. The Morgan fingerprint density at radius 3 is 2.69 bits per heavy atom. The van der Waals surface area contributed by atoms with Crippen LogP contribution in [0.15, 0.2) is 6.20 Å². The molecule has 0 spiro atoms. The first-order valence-corrected chi connectivity index (χ1v) is 4.69. The molecular formula is C10H16N2O. The summed E-state index contributed by atoms with van der Waals surface area (Å²) in [5.74, 6) is 0.768. The Bertz CT molecular complexity index is 286. The number of aryl methyl sites for hydroxylation is 2. The molecule has 0 saturated heterocycles. The second-order valence-electron chi connectivity index (χ2n) is 3.10. The molecule has 0 aliphatic heterocycles. The molecule has 1 heterocycles. The molecule has 1 unspecified atom stereocenters. The molecule has 0 fully saturated rings. The standard InChI is InChI=1S/C10H16N2O/c1-4-9-8(10(13)5-2)6-11-7(3)12-9/h6,10,13H,4-5H2,1-3H3. The van der Waals surface area contributed by atoms with Gasteiger partial charge in [0.05, 0.1) is 6.10 Å². The average Bonchev–Trinajstić information content (AvgIpc) is 2.16. The highest BCUT2D eigenvalue weighted by Gasteiger charge is 2.10. The number of hydrogen-bond donors (Lipinski definition) is 1. The molecule has 1 aromatic rings. The van der Waals surface area contributed by atoms with Crippen LogP contribution in [0, 0.1) is 6.92 Å². The number of aromatic nitrogens is 2. The van der Waals surface area contributed by atoms with Crippen molar-refractivity contribution in [2.75, 3.05) is 0 Å². The van der Waals surface area contributed by atoms with E-state index in [-0.39, 0.29) is 0 Å². The van der Waals surface area contributed by atoms with Gasteiger partial charge in [0.25, 0.3) is 0 Å². The van der Waals surface area contributed by atoms with Crippen molar-refractivity contribution in [1.82, 2.24) is 9.97 Å². The van der Waals surface area contributed by atoms with Gasteiger partial charge in [0, 0.05) is 17.5 Å². The van der Waals surface area contributed by atoms with Gasteiger partial charge in [-0.1, -0.05) is 13.8 Å². The summed E-state index contributed by atoms with van der Waals surface area (Å²) in [6, 6.07) is 0. The largest absolute Gasteiger partial charge is 0.388 e. The van der Waals surface area contributed by atoms with Crippen LogP contribution in [0.3, 0.4) is 0 Å². The highest BCUT2D eigenvalue weighted by atomic mass is 16.3. The number of nitrogens with zero attached hydrogens (tertiary/aromatic N) is 2. The summed E-state index contributed by atoms with van der Waals surface area (Å²) < 4.78 is 0. The summed E-state index contributed by atoms with van der Waals surface area (Å²) >= 11 is 0. The fourth-order valence-electron chi connectivity index (χ4n) is 1.31. The maximum Gasteiger partial charge on any atom is 0.125 e. The zero-order valence-electron chi connectivity index (χ0n) is 8.41. The lowest BCUT2D eigenvalue weighted by Gasteiger charge is -2.11. The van der Waals surface area contributed by atoms with Crippen LogP contribution in [0.2, 0.25) is 0 Å². The van der Waals surface area contributed by atoms with E-state index in [4.69, 9.17) is 0 Å². The molecule has 1 rings (SSSR count). The molecule has 0 saturated carbocycles. The molecular weight excluding hydrogens is 164 g/mol. The molecule has 1 N–H and O–H groups in total. The third kappa shape index (κ3) is 2.25. The van der Waals surface area contributed by atoms with Gasteiger partial charge in [0.15, 0.2) is 0 Å². The van der Waals surface area contributed by atoms with Crippen LogP contribution in [-0.4, -0.2) is 15.1 Å². The predicted octanol–water partition coefficient (Wildman–Crippen LogP) is 1.79. The Morgan fingerprint density at radius 2 is 2.15 bits per heavy atom. The van der Waals surface area contributed by atoms with Crippen molar-refractivity contribution in [2.45, 2.75) is 39.7 Å². The van der Waals surface area contributed by atoms with Crippen LogP contribution in [0.5, 0.6) is 0 Å². The van der Waals surface area contributed by atoms with E-state index in [1.807, 2.05) is 20.8 Å². The van der Waals surface area contributed by atoms with Crippen LogP contribution in [0.25, 0.3) is 0 Å². The highest BCUT2D eigenvalue weighted by Crippen LogP contribution is 2.18. The molecule has 1 aromatic heterocycles. The first-order valence-electron chi connectivity index (χ1n) is 4.69. The predicted molar refractivity (Wildman–Crippen MR) is 51.4 cm³/mol. The molecule has 0 bridgehead atoms. The van der Waals surface area contributed by atoms with Gasteiger partial charge in [-0.2, -0.15) is 0 Å². The van der Waals surface area contributed by atoms with E-state index in [0.29, 0.717) is 6.42 Å². The maximum atomic E-state index is 9.65. The first-order chi connectivity index (χ1) is 6.19. The smallest absolute Gasteiger partial charge is 0.125 e. The van der Waals surface area contributed by atoms with Crippen molar-refractivity contribution in [1.29, 1.82) is 0 Å². The minimum absolute atomic E-state index is 0.421. The SMILES string of the molecule is CCc1nc(C)ncc1C(O)CC. The van der Waals surface area contributed by atoms with E-state index in [1.54, 1.807) is 6.20 Å². The van der Waals surface area contributed by atoms with Crippen LogP contribution >= 0.6 is 0 Å². The summed E-state index contributed by atoms with van der Waals surface area (Å²) in [5.41, 5.74) is 1.83. The number of rotatable bonds is 3. The molecule has 3 nitrogen and oxygen atoms in total. The van der Waals surface area contributed by atoms with Gasteiger partial charge in [0.1, 0.15) is 5.82 Å². The van der Waals surface area contributed by atoms with Crippen molar-refractivity contribution >= 4 is 0 Å². The molecule has 0 amide bonds. The van der Waals surface area contributed by atoms with Crippen molar-refractivity contribution < 1.29 is 5.11 Å². The van der Waals surface area contributed by atoms with E-state index < -0.39 is 6.10 Å². The summed E-state index contributed by atoms with van der Waals surface area (Å²) in [7, 11) is 0. The number of aliphatic hydroxyl groups excluding tert-OH is 1. The van der Waals surface area contributed by atoms with E-state index in [9.17, 15) is 5.11 Å².